The summed E-state index contributed by atoms with van der Waals surface area (Å²) in [5.74, 6) is 0. The summed E-state index contributed by atoms with van der Waals surface area (Å²) in [4.78, 5) is 0. The molecular formula is C20H48O6Si2. The average molecular weight is 441 g/mol. The number of hydrogen-bond donors (Lipinski definition) is 0. The van der Waals surface area contributed by atoms with Crippen LogP contribution in [0.3, 0.4) is 0 Å². The van der Waals surface area contributed by atoms with Crippen LogP contribution in [0, 0.1) is 0 Å². The molecule has 6 nitrogen and oxygen atoms in total. The monoisotopic (exact) mass is 440 g/mol. The molecule has 0 aliphatic carbocycles. The summed E-state index contributed by atoms with van der Waals surface area (Å²) in [5, 5.41) is 0. The highest BCUT2D eigenvalue weighted by molar-refractivity contribution is 6.59. The van der Waals surface area contributed by atoms with E-state index in [1.807, 2.05) is 96.2 Å². The predicted octanol–water partition coefficient (Wildman–Crippen LogP) is 5.66. The summed E-state index contributed by atoms with van der Waals surface area (Å²) in [5.41, 5.74) is -0.936. The predicted molar refractivity (Wildman–Crippen MR) is 121 cm³/mol. The Bertz CT molecular complexity index is 368. The van der Waals surface area contributed by atoms with Gasteiger partial charge >= 0.3 is 17.6 Å². The molecule has 0 aliphatic heterocycles. The summed E-state index contributed by atoms with van der Waals surface area (Å²) < 4.78 is 34.1. The zero-order valence-corrected chi connectivity index (χ0v) is 23.4. The largest absolute Gasteiger partial charge is 0.498 e. The van der Waals surface area contributed by atoms with Crippen LogP contribution < -0.4 is 0 Å². The van der Waals surface area contributed by atoms with Gasteiger partial charge in [-0.15, -0.1) is 0 Å². The number of rotatable bonds is 6. The van der Waals surface area contributed by atoms with Gasteiger partial charge in [0.25, 0.3) is 0 Å². The second-order valence-corrected chi connectivity index (χ2v) is 16.1. The molecule has 0 spiro atoms. The van der Waals surface area contributed by atoms with Crippen molar-refractivity contribution in [2.75, 3.05) is 14.2 Å². The van der Waals surface area contributed by atoms with E-state index in [2.05, 4.69) is 0 Å². The van der Waals surface area contributed by atoms with Gasteiger partial charge in [-0.25, -0.2) is 0 Å². The molecule has 0 N–H and O–H groups in total. The lowest BCUT2D eigenvalue weighted by Gasteiger charge is -2.36. The van der Waals surface area contributed by atoms with Gasteiger partial charge in [0.2, 0.25) is 0 Å². The van der Waals surface area contributed by atoms with E-state index in [9.17, 15) is 0 Å². The third-order valence-corrected chi connectivity index (χ3v) is 8.12. The highest BCUT2D eigenvalue weighted by Gasteiger charge is 2.42. The van der Waals surface area contributed by atoms with Crippen molar-refractivity contribution in [3.8, 4) is 0 Å². The van der Waals surface area contributed by atoms with Crippen molar-refractivity contribution in [2.45, 2.75) is 119 Å². The zero-order valence-electron chi connectivity index (χ0n) is 21.4. The minimum Gasteiger partial charge on any atom is -0.377 e. The maximum Gasteiger partial charge on any atom is 0.498 e. The summed E-state index contributed by atoms with van der Waals surface area (Å²) in [6.07, 6.45) is 0. The van der Waals surface area contributed by atoms with E-state index in [1.165, 1.54) is 0 Å². The van der Waals surface area contributed by atoms with E-state index in [1.54, 1.807) is 14.2 Å². The fourth-order valence-electron chi connectivity index (χ4n) is 2.43. The van der Waals surface area contributed by atoms with Crippen LogP contribution in [-0.4, -0.2) is 54.2 Å². The van der Waals surface area contributed by atoms with Crippen molar-refractivity contribution < 1.29 is 26.6 Å². The lowest BCUT2D eigenvalue weighted by Crippen LogP contribution is -2.51. The van der Waals surface area contributed by atoms with Crippen molar-refractivity contribution in [3.05, 3.63) is 0 Å². The molecule has 0 rings (SSSR count). The standard InChI is InChI=1S/2C10H24O3Si/c2*1-9(2,3)12-14(8,11-7)13-10(4,5)6/h2*1-8H3. The van der Waals surface area contributed by atoms with E-state index in [-0.39, 0.29) is 22.4 Å². The highest BCUT2D eigenvalue weighted by atomic mass is 28.4. The van der Waals surface area contributed by atoms with Crippen molar-refractivity contribution in [2.24, 2.45) is 0 Å². The second kappa shape index (κ2) is 10.5. The molecule has 0 aromatic heterocycles. The SMILES string of the molecule is CO[Si](C)(OC(C)(C)C)OC(C)(C)C.CO[Si](C)(OC(C)(C)C)OC(C)(C)C. The normalized spacial score (nSPS) is 14.6. The van der Waals surface area contributed by atoms with Crippen molar-refractivity contribution in [3.63, 3.8) is 0 Å². The lowest BCUT2D eigenvalue weighted by molar-refractivity contribution is -0.0331. The summed E-state index contributed by atoms with van der Waals surface area (Å²) in [7, 11) is -1.70. The Balaban J connectivity index is 0. The first-order valence-corrected chi connectivity index (χ1v) is 14.3. The van der Waals surface area contributed by atoms with Gasteiger partial charge in [-0.05, 0) is 83.1 Å². The van der Waals surface area contributed by atoms with E-state index in [4.69, 9.17) is 26.6 Å². The molecule has 0 aliphatic rings. The van der Waals surface area contributed by atoms with E-state index >= 15 is 0 Å². The van der Waals surface area contributed by atoms with Crippen LogP contribution >= 0.6 is 0 Å². The van der Waals surface area contributed by atoms with E-state index in [0.29, 0.717) is 0 Å². The van der Waals surface area contributed by atoms with Gasteiger partial charge in [-0.1, -0.05) is 0 Å². The van der Waals surface area contributed by atoms with Gasteiger partial charge in [-0.3, -0.25) is 0 Å². The molecule has 0 bridgehead atoms. The first kappa shape index (κ1) is 30.4. The maximum atomic E-state index is 5.84. The van der Waals surface area contributed by atoms with Gasteiger partial charge < -0.3 is 26.6 Å². The molecule has 8 heteroatoms. The zero-order chi connectivity index (χ0) is 23.2. The van der Waals surface area contributed by atoms with Gasteiger partial charge in [0.1, 0.15) is 0 Å². The fraction of sp³-hybridized carbons (Fsp3) is 1.00. The third-order valence-electron chi connectivity index (χ3n) is 2.71. The molecule has 172 valence electrons. The summed E-state index contributed by atoms with van der Waals surface area (Å²) >= 11 is 0. The van der Waals surface area contributed by atoms with Crippen molar-refractivity contribution in [1.82, 2.24) is 0 Å². The molecule has 0 aromatic carbocycles. The van der Waals surface area contributed by atoms with E-state index in [0.717, 1.165) is 0 Å². The first-order chi connectivity index (χ1) is 11.9. The van der Waals surface area contributed by atoms with Crippen LogP contribution in [0.15, 0.2) is 0 Å². The van der Waals surface area contributed by atoms with Crippen LogP contribution in [0.5, 0.6) is 0 Å². The van der Waals surface area contributed by atoms with Gasteiger partial charge in [-0.2, -0.15) is 0 Å². The molecule has 0 heterocycles. The molecular weight excluding hydrogens is 392 g/mol. The maximum absolute atomic E-state index is 5.84. The molecule has 0 atom stereocenters. The molecule has 28 heavy (non-hydrogen) atoms. The van der Waals surface area contributed by atoms with Crippen LogP contribution in [0.4, 0.5) is 0 Å². The quantitative estimate of drug-likeness (QED) is 0.496. The van der Waals surface area contributed by atoms with E-state index < -0.39 is 17.6 Å². The van der Waals surface area contributed by atoms with Crippen LogP contribution in [0.1, 0.15) is 83.1 Å². The minimum absolute atomic E-state index is 0.234. The molecule has 0 radical (unpaired) electrons. The fourth-order valence-corrected chi connectivity index (χ4v) is 7.30. The average Bonchev–Trinajstić information content (AvgIpc) is 2.30. The Morgan fingerprint density at radius 1 is 0.393 bits per heavy atom. The Morgan fingerprint density at radius 2 is 0.536 bits per heavy atom. The lowest BCUT2D eigenvalue weighted by atomic mass is 10.2. The Hall–Kier alpha value is 0.194. The molecule has 0 aromatic rings. The van der Waals surface area contributed by atoms with Gasteiger partial charge in [0.05, 0.1) is 22.4 Å². The number of hydrogen-bond acceptors (Lipinski definition) is 6. The van der Waals surface area contributed by atoms with Gasteiger partial charge in [0.15, 0.2) is 0 Å². The van der Waals surface area contributed by atoms with Crippen LogP contribution in [0.2, 0.25) is 13.1 Å². The Morgan fingerprint density at radius 3 is 0.607 bits per heavy atom. The van der Waals surface area contributed by atoms with Crippen molar-refractivity contribution in [1.29, 1.82) is 0 Å². The third kappa shape index (κ3) is 18.2. The molecule has 0 fully saturated rings. The second-order valence-electron chi connectivity index (χ2n) is 11.0. The summed E-state index contributed by atoms with van der Waals surface area (Å²) in [6.45, 7) is 27.9. The first-order valence-electron chi connectivity index (χ1n) is 9.86. The topological polar surface area (TPSA) is 55.4 Å². The summed E-state index contributed by atoms with van der Waals surface area (Å²) in [6, 6.07) is 0. The van der Waals surface area contributed by atoms with Crippen molar-refractivity contribution >= 4 is 17.6 Å². The molecule has 0 saturated heterocycles. The van der Waals surface area contributed by atoms with Crippen LogP contribution in [-0.2, 0) is 26.6 Å². The Kier molecular flexibility index (Phi) is 11.4. The van der Waals surface area contributed by atoms with Gasteiger partial charge in [0, 0.05) is 27.3 Å². The molecule has 0 saturated carbocycles. The highest BCUT2D eigenvalue weighted by Crippen LogP contribution is 2.24. The molecule has 0 unspecified atom stereocenters. The smallest absolute Gasteiger partial charge is 0.377 e. The molecule has 0 amide bonds. The Labute approximate surface area is 177 Å². The van der Waals surface area contributed by atoms with Crippen LogP contribution in [0.25, 0.3) is 0 Å². The minimum atomic E-state index is -2.49.